The number of hydrogen-bond acceptors (Lipinski definition) is 6. The molecule has 0 aromatic heterocycles. The van der Waals surface area contributed by atoms with Crippen molar-refractivity contribution in [1.82, 2.24) is 10.4 Å². The van der Waals surface area contributed by atoms with E-state index in [1.165, 1.54) is 17.1 Å². The number of alkyl halides is 2. The Balaban J connectivity index is 1.19. The van der Waals surface area contributed by atoms with Gasteiger partial charge in [0.25, 0.3) is 0 Å². The molecule has 2 aliphatic heterocycles. The number of amides is 2. The largest absolute Gasteiger partial charge is 0.457 e. The van der Waals surface area contributed by atoms with Crippen LogP contribution in [0.4, 0.5) is 19.3 Å². The summed E-state index contributed by atoms with van der Waals surface area (Å²) in [5.74, 6) is 2.49. The summed E-state index contributed by atoms with van der Waals surface area (Å²) < 4.78 is 46.5. The van der Waals surface area contributed by atoms with E-state index >= 15 is 0 Å². The quantitative estimate of drug-likeness (QED) is 0.238. The minimum atomic E-state index is -2.92. The fourth-order valence-corrected chi connectivity index (χ4v) is 4.53. The Morgan fingerprint density at radius 2 is 1.49 bits per heavy atom. The van der Waals surface area contributed by atoms with Gasteiger partial charge in [0.2, 0.25) is 6.79 Å². The van der Waals surface area contributed by atoms with E-state index in [0.717, 1.165) is 11.1 Å². The molecule has 2 amide bonds. The fraction of sp³-hybridized carbons (Fsp3) is 0.100. The number of fused-ring (bicyclic) bond motifs is 1. The number of ether oxygens (including phenoxy) is 4. The van der Waals surface area contributed by atoms with Crippen molar-refractivity contribution in [2.24, 2.45) is 0 Å². The first-order valence-electron chi connectivity index (χ1n) is 12.5. The Bertz CT molecular complexity index is 1600. The van der Waals surface area contributed by atoms with Crippen molar-refractivity contribution in [2.75, 3.05) is 18.7 Å². The molecule has 41 heavy (non-hydrogen) atoms. The molecule has 0 bridgehead atoms. The number of benzene rings is 4. The van der Waals surface area contributed by atoms with Crippen molar-refractivity contribution in [3.05, 3.63) is 107 Å². The fourth-order valence-electron chi connectivity index (χ4n) is 4.40. The molecule has 0 radical (unpaired) electrons. The summed E-state index contributed by atoms with van der Waals surface area (Å²) in [6.45, 7) is -2.58. The normalized spacial score (nSPS) is 13.8. The van der Waals surface area contributed by atoms with Crippen LogP contribution >= 0.6 is 11.6 Å². The molecule has 0 saturated heterocycles. The average molecular weight is 578 g/mol. The van der Waals surface area contributed by atoms with Crippen molar-refractivity contribution >= 4 is 34.6 Å². The first kappa shape index (κ1) is 26.3. The second-order valence-corrected chi connectivity index (χ2v) is 9.47. The molecule has 0 fully saturated rings. The monoisotopic (exact) mass is 577 g/mol. The van der Waals surface area contributed by atoms with E-state index in [9.17, 15) is 13.6 Å². The van der Waals surface area contributed by atoms with E-state index in [4.69, 9.17) is 25.8 Å². The number of carbonyl (C=O) groups excluding carboxylic acids is 1. The molecule has 6 rings (SSSR count). The Labute approximate surface area is 238 Å². The van der Waals surface area contributed by atoms with E-state index in [1.54, 1.807) is 66.7 Å². The topological polar surface area (TPSA) is 81.3 Å². The van der Waals surface area contributed by atoms with Crippen molar-refractivity contribution in [2.45, 2.75) is 6.61 Å². The van der Waals surface area contributed by atoms with Gasteiger partial charge < -0.3 is 24.3 Å². The molecular formula is C30H22ClF2N3O5. The molecule has 4 aromatic rings. The molecule has 208 valence electrons. The minimum Gasteiger partial charge on any atom is -0.457 e. The van der Waals surface area contributed by atoms with Crippen molar-refractivity contribution in [3.63, 3.8) is 0 Å². The van der Waals surface area contributed by atoms with Gasteiger partial charge in [-0.2, -0.15) is 8.78 Å². The van der Waals surface area contributed by atoms with Crippen molar-refractivity contribution < 1.29 is 32.5 Å². The molecule has 0 spiro atoms. The smallest absolute Gasteiger partial charge is 0.387 e. The van der Waals surface area contributed by atoms with E-state index in [0.29, 0.717) is 45.0 Å². The van der Waals surface area contributed by atoms with Gasteiger partial charge in [0.1, 0.15) is 17.2 Å². The highest BCUT2D eigenvalue weighted by molar-refractivity contribution is 6.30. The maximum absolute atomic E-state index is 13.3. The number of hydrazine groups is 1. The van der Waals surface area contributed by atoms with Gasteiger partial charge in [0, 0.05) is 21.8 Å². The van der Waals surface area contributed by atoms with Gasteiger partial charge in [-0.3, -0.25) is 5.43 Å². The van der Waals surface area contributed by atoms with E-state index < -0.39 is 12.6 Å². The minimum absolute atomic E-state index is 0.0325. The van der Waals surface area contributed by atoms with Gasteiger partial charge in [-0.25, -0.2) is 9.80 Å². The summed E-state index contributed by atoms with van der Waals surface area (Å²) >= 11 is 5.92. The second kappa shape index (κ2) is 11.3. The molecule has 2 aliphatic rings. The first-order chi connectivity index (χ1) is 19.9. The maximum Gasteiger partial charge on any atom is 0.387 e. The summed E-state index contributed by atoms with van der Waals surface area (Å²) in [6, 6.07) is 25.3. The lowest BCUT2D eigenvalue weighted by Gasteiger charge is -2.19. The van der Waals surface area contributed by atoms with Gasteiger partial charge in [-0.15, -0.1) is 0 Å². The van der Waals surface area contributed by atoms with Crippen LogP contribution in [0, 0.1) is 0 Å². The predicted octanol–water partition coefficient (Wildman–Crippen LogP) is 7.38. The van der Waals surface area contributed by atoms with Crippen LogP contribution in [0.25, 0.3) is 11.3 Å². The number of urea groups is 1. The lowest BCUT2D eigenvalue weighted by molar-refractivity contribution is -0.0498. The standard InChI is InChI=1S/C30H22ClF2N3O5/c31-20-4-10-22(11-5-20)40-23-12-6-21(7-13-23)34-30(37)36-16-25(19-3-14-26-27(15-19)39-17-38-26)28(35-36)18-1-8-24(9-2-18)41-29(32)33/h1-15,29,35H,16-17H2,(H,34,37). The molecule has 2 heterocycles. The van der Waals surface area contributed by atoms with Gasteiger partial charge in [-0.05, 0) is 90.5 Å². The average Bonchev–Trinajstić information content (AvgIpc) is 3.63. The van der Waals surface area contributed by atoms with Crippen LogP contribution in [0.5, 0.6) is 28.7 Å². The molecule has 0 unspecified atom stereocenters. The molecular weight excluding hydrogens is 556 g/mol. The van der Waals surface area contributed by atoms with Crippen LogP contribution in [-0.2, 0) is 0 Å². The van der Waals surface area contributed by atoms with E-state index in [1.807, 2.05) is 12.1 Å². The third kappa shape index (κ3) is 5.97. The van der Waals surface area contributed by atoms with Crippen molar-refractivity contribution in [1.29, 1.82) is 0 Å². The van der Waals surface area contributed by atoms with Crippen LogP contribution < -0.4 is 29.7 Å². The number of nitrogens with zero attached hydrogens (tertiary/aromatic N) is 1. The summed E-state index contributed by atoms with van der Waals surface area (Å²) in [4.78, 5) is 13.3. The molecule has 8 nitrogen and oxygen atoms in total. The summed E-state index contributed by atoms with van der Waals surface area (Å²) in [7, 11) is 0. The van der Waals surface area contributed by atoms with Crippen LogP contribution in [0.1, 0.15) is 11.1 Å². The molecule has 2 N–H and O–H groups in total. The highest BCUT2D eigenvalue weighted by Gasteiger charge is 2.29. The predicted molar refractivity (Wildman–Crippen MR) is 149 cm³/mol. The maximum atomic E-state index is 13.3. The van der Waals surface area contributed by atoms with E-state index in [2.05, 4.69) is 15.5 Å². The highest BCUT2D eigenvalue weighted by Crippen LogP contribution is 2.38. The number of rotatable bonds is 7. The molecule has 0 atom stereocenters. The number of halogens is 3. The molecule has 4 aromatic carbocycles. The number of anilines is 1. The van der Waals surface area contributed by atoms with E-state index in [-0.39, 0.29) is 19.1 Å². The first-order valence-corrected chi connectivity index (χ1v) is 12.9. The Morgan fingerprint density at radius 3 is 2.20 bits per heavy atom. The number of carbonyl (C=O) groups is 1. The van der Waals surface area contributed by atoms with Crippen molar-refractivity contribution in [3.8, 4) is 28.7 Å². The zero-order chi connectivity index (χ0) is 28.3. The van der Waals surface area contributed by atoms with Gasteiger partial charge >= 0.3 is 12.6 Å². The summed E-state index contributed by atoms with van der Waals surface area (Å²) in [5.41, 5.74) is 6.64. The molecule has 0 aliphatic carbocycles. The summed E-state index contributed by atoms with van der Waals surface area (Å²) in [5, 5.41) is 4.92. The Kier molecular flexibility index (Phi) is 7.22. The summed E-state index contributed by atoms with van der Waals surface area (Å²) in [6.07, 6.45) is 0. The van der Waals surface area contributed by atoms with Crippen LogP contribution in [-0.4, -0.2) is 31.0 Å². The zero-order valence-electron chi connectivity index (χ0n) is 21.3. The van der Waals surface area contributed by atoms with Crippen LogP contribution in [0.3, 0.4) is 0 Å². The lowest BCUT2D eigenvalue weighted by atomic mass is 10.00. The Hall–Kier alpha value is -4.96. The number of hydrogen-bond donors (Lipinski definition) is 2. The van der Waals surface area contributed by atoms with Crippen LogP contribution in [0.2, 0.25) is 5.02 Å². The Morgan fingerprint density at radius 1 is 0.854 bits per heavy atom. The lowest BCUT2D eigenvalue weighted by Crippen LogP contribution is -2.40. The third-order valence-corrected chi connectivity index (χ3v) is 6.61. The van der Waals surface area contributed by atoms with Gasteiger partial charge in [0.15, 0.2) is 11.5 Å². The van der Waals surface area contributed by atoms with Gasteiger partial charge in [0.05, 0.1) is 12.2 Å². The second-order valence-electron chi connectivity index (χ2n) is 9.03. The highest BCUT2D eigenvalue weighted by atomic mass is 35.5. The SMILES string of the molecule is O=C(Nc1ccc(Oc2ccc(Cl)cc2)cc1)N1CC(c2ccc3c(c2)OCO3)=C(c2ccc(OC(F)F)cc2)N1. The van der Waals surface area contributed by atoms with Gasteiger partial charge in [-0.1, -0.05) is 17.7 Å². The molecule has 0 saturated carbocycles. The zero-order valence-corrected chi connectivity index (χ0v) is 22.0. The number of nitrogens with one attached hydrogen (secondary N) is 2. The molecule has 11 heteroatoms. The third-order valence-electron chi connectivity index (χ3n) is 6.35. The van der Waals surface area contributed by atoms with Crippen LogP contribution in [0.15, 0.2) is 91.0 Å².